The fraction of sp³-hybridized carbons (Fsp3) is 0.529. The zero-order valence-corrected chi connectivity index (χ0v) is 16.5. The van der Waals surface area contributed by atoms with E-state index in [0.717, 1.165) is 39.0 Å². The number of halogens is 2. The molecule has 8 nitrogen and oxygen atoms in total. The molecule has 0 saturated carbocycles. The Labute approximate surface area is 168 Å². The third-order valence-electron chi connectivity index (χ3n) is 5.40. The largest absolute Gasteiger partial charge is 0.496 e. The number of nitrogens with zero attached hydrogens (tertiary/aromatic N) is 5. The van der Waals surface area contributed by atoms with Gasteiger partial charge in [0.1, 0.15) is 12.1 Å². The molecule has 2 atom stereocenters. The molecule has 27 heavy (non-hydrogen) atoms. The minimum Gasteiger partial charge on any atom is -0.496 e. The van der Waals surface area contributed by atoms with Crippen LogP contribution in [0.5, 0.6) is 5.75 Å². The van der Waals surface area contributed by atoms with Gasteiger partial charge in [0.25, 0.3) is 5.91 Å². The van der Waals surface area contributed by atoms with Gasteiger partial charge < -0.3 is 15.0 Å². The number of hydrogen-bond acceptors (Lipinski definition) is 6. The molecule has 4 rings (SSSR count). The molecular weight excluding hydrogens is 391 g/mol. The van der Waals surface area contributed by atoms with Crippen molar-refractivity contribution < 1.29 is 9.53 Å². The molecule has 0 unspecified atom stereocenters. The summed E-state index contributed by atoms with van der Waals surface area (Å²) in [6.07, 6.45) is 3.51. The zero-order chi connectivity index (χ0) is 18.1. The van der Waals surface area contributed by atoms with Gasteiger partial charge in [0.15, 0.2) is 0 Å². The number of methoxy groups -OCH3 is 1. The number of amides is 1. The first kappa shape index (κ1) is 19.9. The zero-order valence-electron chi connectivity index (χ0n) is 15.0. The minimum atomic E-state index is -0.0417. The predicted octanol–water partition coefficient (Wildman–Crippen LogP) is 1.82. The molecule has 1 aromatic carbocycles. The van der Waals surface area contributed by atoms with Crippen molar-refractivity contribution in [3.8, 4) is 11.4 Å². The summed E-state index contributed by atoms with van der Waals surface area (Å²) < 4.78 is 6.90. The van der Waals surface area contributed by atoms with Gasteiger partial charge in [0, 0.05) is 19.2 Å². The van der Waals surface area contributed by atoms with Crippen LogP contribution >= 0.6 is 24.0 Å². The normalized spacial score (nSPS) is 21.9. The molecule has 10 heteroatoms. The van der Waals surface area contributed by atoms with E-state index in [4.69, 9.17) is 16.3 Å². The SMILES string of the molecule is COc1cc(-n2cnnn2)c(Cl)cc1C(=O)N1CC[C@@H]2CNC[C@@H]2CC1.Cl. The Bertz CT molecular complexity index is 787. The van der Waals surface area contributed by atoms with Crippen LogP contribution in [-0.2, 0) is 0 Å². The molecule has 0 bridgehead atoms. The van der Waals surface area contributed by atoms with Crippen LogP contribution in [0.3, 0.4) is 0 Å². The molecule has 2 saturated heterocycles. The van der Waals surface area contributed by atoms with Gasteiger partial charge in [-0.15, -0.1) is 17.5 Å². The molecule has 1 amide bonds. The predicted molar refractivity (Wildman–Crippen MR) is 103 cm³/mol. The Morgan fingerprint density at radius 2 is 1.96 bits per heavy atom. The summed E-state index contributed by atoms with van der Waals surface area (Å²) in [5.41, 5.74) is 1.04. The Morgan fingerprint density at radius 1 is 1.26 bits per heavy atom. The minimum absolute atomic E-state index is 0. The average Bonchev–Trinajstić information content (AvgIpc) is 3.30. The maximum absolute atomic E-state index is 13.1. The van der Waals surface area contributed by atoms with Gasteiger partial charge in [-0.25, -0.2) is 0 Å². The summed E-state index contributed by atoms with van der Waals surface area (Å²) in [6, 6.07) is 3.34. The van der Waals surface area contributed by atoms with Gasteiger partial charge in [-0.2, -0.15) is 4.68 Å². The first-order chi connectivity index (χ1) is 12.7. The van der Waals surface area contributed by atoms with Gasteiger partial charge in [0.2, 0.25) is 0 Å². The maximum Gasteiger partial charge on any atom is 0.257 e. The number of rotatable bonds is 3. The summed E-state index contributed by atoms with van der Waals surface area (Å²) in [5, 5.41) is 14.9. The molecule has 1 aromatic heterocycles. The van der Waals surface area contributed by atoms with Crippen LogP contribution in [0.1, 0.15) is 23.2 Å². The van der Waals surface area contributed by atoms with Crippen molar-refractivity contribution >= 4 is 29.9 Å². The fourth-order valence-electron chi connectivity index (χ4n) is 3.92. The Kier molecular flexibility index (Phi) is 6.18. The quantitative estimate of drug-likeness (QED) is 0.827. The van der Waals surface area contributed by atoms with E-state index in [1.54, 1.807) is 19.2 Å². The Morgan fingerprint density at radius 3 is 2.56 bits per heavy atom. The molecule has 2 aromatic rings. The third kappa shape index (κ3) is 3.88. The highest BCUT2D eigenvalue weighted by Gasteiger charge is 2.32. The molecule has 0 radical (unpaired) electrons. The molecule has 146 valence electrons. The lowest BCUT2D eigenvalue weighted by molar-refractivity contribution is 0.0755. The number of ether oxygens (including phenoxy) is 1. The topological polar surface area (TPSA) is 85.2 Å². The van der Waals surface area contributed by atoms with Crippen LogP contribution in [-0.4, -0.2) is 64.3 Å². The second-order valence-corrected chi connectivity index (χ2v) is 7.21. The van der Waals surface area contributed by atoms with Gasteiger partial charge >= 0.3 is 0 Å². The van der Waals surface area contributed by atoms with Crippen molar-refractivity contribution in [1.29, 1.82) is 0 Å². The van der Waals surface area contributed by atoms with Crippen molar-refractivity contribution in [1.82, 2.24) is 30.4 Å². The monoisotopic (exact) mass is 412 g/mol. The molecule has 0 spiro atoms. The molecule has 2 fully saturated rings. The third-order valence-corrected chi connectivity index (χ3v) is 5.70. The molecule has 0 aliphatic carbocycles. The first-order valence-corrected chi connectivity index (χ1v) is 9.16. The number of carbonyl (C=O) groups is 1. The lowest BCUT2D eigenvalue weighted by atomic mass is 9.92. The van der Waals surface area contributed by atoms with E-state index in [1.807, 2.05) is 4.90 Å². The number of aromatic nitrogens is 4. The summed E-state index contributed by atoms with van der Waals surface area (Å²) in [4.78, 5) is 15.0. The Hall–Kier alpha value is -1.90. The lowest BCUT2D eigenvalue weighted by Crippen LogP contribution is -2.33. The summed E-state index contributed by atoms with van der Waals surface area (Å²) in [7, 11) is 1.54. The van der Waals surface area contributed by atoms with Crippen molar-refractivity contribution in [2.75, 3.05) is 33.3 Å². The number of carbonyl (C=O) groups excluding carboxylic acids is 1. The second kappa shape index (κ2) is 8.41. The van der Waals surface area contributed by atoms with Crippen molar-refractivity contribution in [2.45, 2.75) is 12.8 Å². The molecule has 3 heterocycles. The average molecular weight is 413 g/mol. The maximum atomic E-state index is 13.1. The van der Waals surface area contributed by atoms with Crippen LogP contribution in [0.4, 0.5) is 0 Å². The molecule has 2 aliphatic rings. The fourth-order valence-corrected chi connectivity index (χ4v) is 4.17. The van der Waals surface area contributed by atoms with E-state index in [1.165, 1.54) is 11.0 Å². The van der Waals surface area contributed by atoms with Crippen molar-refractivity contribution in [3.05, 3.63) is 29.0 Å². The molecular formula is C17H22Cl2N6O2. The van der Waals surface area contributed by atoms with E-state index in [2.05, 4.69) is 20.8 Å². The molecule has 1 N–H and O–H groups in total. The number of likely N-dealkylation sites (tertiary alicyclic amines) is 1. The van der Waals surface area contributed by atoms with Gasteiger partial charge in [-0.05, 0) is 54.3 Å². The summed E-state index contributed by atoms with van der Waals surface area (Å²) >= 11 is 6.39. The highest BCUT2D eigenvalue weighted by atomic mass is 35.5. The number of hydrogen-bond donors (Lipinski definition) is 1. The number of nitrogens with one attached hydrogen (secondary N) is 1. The lowest BCUT2D eigenvalue weighted by Gasteiger charge is -2.22. The summed E-state index contributed by atoms with van der Waals surface area (Å²) in [5.74, 6) is 1.76. The highest BCUT2D eigenvalue weighted by molar-refractivity contribution is 6.33. The van der Waals surface area contributed by atoms with E-state index < -0.39 is 0 Å². The number of fused-ring (bicyclic) bond motifs is 1. The van der Waals surface area contributed by atoms with Crippen molar-refractivity contribution in [2.24, 2.45) is 11.8 Å². The van der Waals surface area contributed by atoms with Crippen LogP contribution in [0, 0.1) is 11.8 Å². The van der Waals surface area contributed by atoms with Gasteiger partial charge in [0.05, 0.1) is 23.4 Å². The van der Waals surface area contributed by atoms with Crippen LogP contribution in [0.25, 0.3) is 5.69 Å². The smallest absolute Gasteiger partial charge is 0.257 e. The van der Waals surface area contributed by atoms with Gasteiger partial charge in [-0.1, -0.05) is 11.6 Å². The first-order valence-electron chi connectivity index (χ1n) is 8.78. The molecule has 2 aliphatic heterocycles. The number of tetrazole rings is 1. The van der Waals surface area contributed by atoms with Crippen LogP contribution in [0.15, 0.2) is 18.5 Å². The van der Waals surface area contributed by atoms with Crippen LogP contribution < -0.4 is 10.1 Å². The van der Waals surface area contributed by atoms with E-state index >= 15 is 0 Å². The van der Waals surface area contributed by atoms with E-state index in [0.29, 0.717) is 33.9 Å². The van der Waals surface area contributed by atoms with Gasteiger partial charge in [-0.3, -0.25) is 4.79 Å². The summed E-state index contributed by atoms with van der Waals surface area (Å²) in [6.45, 7) is 3.64. The standard InChI is InChI=1S/C17H21ClN6O2.ClH/c1-26-16-7-15(24-10-20-21-22-24)14(18)6-13(16)17(25)23-4-2-11-8-19-9-12(11)3-5-23;/h6-7,10-12,19H,2-5,8-9H2,1H3;1H/t11-,12+;. The second-order valence-electron chi connectivity index (χ2n) is 6.81. The number of benzene rings is 1. The van der Waals surface area contributed by atoms with Crippen molar-refractivity contribution in [3.63, 3.8) is 0 Å². The van der Waals surface area contributed by atoms with Crippen LogP contribution in [0.2, 0.25) is 5.02 Å². The highest BCUT2D eigenvalue weighted by Crippen LogP contribution is 2.32. The van der Waals surface area contributed by atoms with E-state index in [9.17, 15) is 4.79 Å². The van der Waals surface area contributed by atoms with E-state index in [-0.39, 0.29) is 18.3 Å². The Balaban J connectivity index is 0.00000210.